The van der Waals surface area contributed by atoms with Crippen LogP contribution in [0.4, 0.5) is 0 Å². The number of phenols is 1. The van der Waals surface area contributed by atoms with E-state index in [9.17, 15) is 10.4 Å². The molecule has 0 unspecified atom stereocenters. The molecule has 0 aliphatic heterocycles. The van der Waals surface area contributed by atoms with Crippen LogP contribution in [-0.4, -0.2) is 10.1 Å². The number of benzene rings is 1. The third kappa shape index (κ3) is 2.86. The first-order valence-electron chi connectivity index (χ1n) is 7.38. The number of halogens is 1. The second kappa shape index (κ2) is 6.03. The van der Waals surface area contributed by atoms with Crippen LogP contribution >= 0.6 is 11.6 Å². The van der Waals surface area contributed by atoms with E-state index in [2.05, 4.69) is 11.1 Å². The Kier molecular flexibility index (Phi) is 4.04. The maximum absolute atomic E-state index is 9.89. The molecule has 2 heterocycles. The van der Waals surface area contributed by atoms with Crippen molar-refractivity contribution in [3.8, 4) is 34.4 Å². The molecule has 0 bridgehead atoms. The van der Waals surface area contributed by atoms with Crippen molar-refractivity contribution in [3.63, 3.8) is 0 Å². The summed E-state index contributed by atoms with van der Waals surface area (Å²) >= 11 is 5.89. The number of hydrogen-bond donors (Lipinski definition) is 1. The molecule has 3 aromatic rings. The molecule has 1 N–H and O–H groups in total. The van der Waals surface area contributed by atoms with Crippen LogP contribution in [0.1, 0.15) is 19.6 Å². The summed E-state index contributed by atoms with van der Waals surface area (Å²) in [5.74, 6) is 1.05. The van der Waals surface area contributed by atoms with Crippen LogP contribution in [0, 0.1) is 11.3 Å². The van der Waals surface area contributed by atoms with Crippen molar-refractivity contribution in [1.82, 2.24) is 4.98 Å². The van der Waals surface area contributed by atoms with Gasteiger partial charge in [-0.1, -0.05) is 17.7 Å². The second-order valence-corrected chi connectivity index (χ2v) is 6.38. The van der Waals surface area contributed by atoms with E-state index in [0.717, 1.165) is 11.3 Å². The molecule has 0 saturated carbocycles. The number of aromatic hydroxyl groups is 1. The van der Waals surface area contributed by atoms with Gasteiger partial charge in [0.05, 0.1) is 16.8 Å². The van der Waals surface area contributed by atoms with Crippen LogP contribution in [0.2, 0.25) is 5.02 Å². The predicted octanol–water partition coefficient (Wildman–Crippen LogP) is 5.17. The molecule has 0 amide bonds. The minimum Gasteiger partial charge on any atom is -0.506 e. The Morgan fingerprint density at radius 3 is 2.62 bits per heavy atom. The Labute approximate surface area is 145 Å². The highest BCUT2D eigenvalue weighted by molar-refractivity contribution is 6.32. The molecule has 5 heteroatoms. The van der Waals surface area contributed by atoms with E-state index in [1.165, 1.54) is 6.07 Å². The van der Waals surface area contributed by atoms with Gasteiger partial charge in [-0.3, -0.25) is 4.98 Å². The number of furan rings is 1. The van der Waals surface area contributed by atoms with Crippen LogP contribution in [0.5, 0.6) is 5.75 Å². The average molecular weight is 339 g/mol. The normalized spacial score (nSPS) is 11.2. The van der Waals surface area contributed by atoms with Crippen molar-refractivity contribution in [1.29, 1.82) is 5.26 Å². The topological polar surface area (TPSA) is 70.0 Å². The minimum absolute atomic E-state index is 0.0290. The maximum Gasteiger partial charge on any atom is 0.143 e. The van der Waals surface area contributed by atoms with Gasteiger partial charge < -0.3 is 9.52 Å². The Balaban J connectivity index is 2.24. The molecule has 120 valence electrons. The first kappa shape index (κ1) is 16.1. The zero-order valence-electron chi connectivity index (χ0n) is 13.2. The van der Waals surface area contributed by atoms with E-state index < -0.39 is 5.41 Å². The van der Waals surface area contributed by atoms with E-state index in [-0.39, 0.29) is 10.8 Å². The summed E-state index contributed by atoms with van der Waals surface area (Å²) in [4.78, 5) is 4.36. The van der Waals surface area contributed by atoms with E-state index in [1.54, 1.807) is 32.2 Å². The Bertz CT molecular complexity index is 924. The zero-order chi connectivity index (χ0) is 17.3. The molecule has 2 aromatic heterocycles. The van der Waals surface area contributed by atoms with Crippen molar-refractivity contribution in [2.45, 2.75) is 19.3 Å². The van der Waals surface area contributed by atoms with Crippen molar-refractivity contribution in [3.05, 3.63) is 59.4 Å². The van der Waals surface area contributed by atoms with Gasteiger partial charge in [0.1, 0.15) is 22.7 Å². The number of pyridine rings is 1. The van der Waals surface area contributed by atoms with Crippen LogP contribution in [-0.2, 0) is 5.41 Å². The van der Waals surface area contributed by atoms with Gasteiger partial charge in [0.25, 0.3) is 0 Å². The summed E-state index contributed by atoms with van der Waals surface area (Å²) in [6.45, 7) is 3.58. The molecule has 0 atom stereocenters. The van der Waals surface area contributed by atoms with Gasteiger partial charge in [-0.2, -0.15) is 5.26 Å². The fourth-order valence-corrected chi connectivity index (χ4v) is 2.45. The molecule has 0 aliphatic rings. The monoisotopic (exact) mass is 338 g/mol. The average Bonchev–Trinajstić information content (AvgIpc) is 3.04. The molecule has 0 fully saturated rings. The lowest BCUT2D eigenvalue weighted by Crippen LogP contribution is -2.12. The molecule has 0 saturated heterocycles. The highest BCUT2D eigenvalue weighted by atomic mass is 35.5. The van der Waals surface area contributed by atoms with Gasteiger partial charge in [-0.25, -0.2) is 0 Å². The Hall–Kier alpha value is -2.77. The number of nitrogens with zero attached hydrogens (tertiary/aromatic N) is 2. The maximum atomic E-state index is 9.89. The summed E-state index contributed by atoms with van der Waals surface area (Å²) in [5, 5.41) is 19.5. The lowest BCUT2D eigenvalue weighted by Gasteiger charge is -2.10. The standard InChI is InChI=1S/C19H15ClN2O2/c1-19(2,11-21)17-10-13(15-5-3-4-8-22-15)18(24-17)12-6-7-14(20)16(23)9-12/h3-10,23H,1-2H3. The van der Waals surface area contributed by atoms with E-state index in [1.807, 2.05) is 24.3 Å². The highest BCUT2D eigenvalue weighted by Crippen LogP contribution is 2.40. The Morgan fingerprint density at radius 1 is 1.21 bits per heavy atom. The third-order valence-corrected chi connectivity index (χ3v) is 4.10. The fourth-order valence-electron chi connectivity index (χ4n) is 2.33. The first-order valence-corrected chi connectivity index (χ1v) is 7.76. The SMILES string of the molecule is CC(C)(C#N)c1cc(-c2ccccn2)c(-c2ccc(Cl)c(O)c2)o1. The highest BCUT2D eigenvalue weighted by Gasteiger charge is 2.27. The molecular formula is C19H15ClN2O2. The van der Waals surface area contributed by atoms with Crippen molar-refractivity contribution in [2.75, 3.05) is 0 Å². The summed E-state index contributed by atoms with van der Waals surface area (Å²) in [5.41, 5.74) is 1.37. The number of rotatable bonds is 3. The molecule has 0 radical (unpaired) electrons. The van der Waals surface area contributed by atoms with Gasteiger partial charge in [-0.15, -0.1) is 0 Å². The van der Waals surface area contributed by atoms with Gasteiger partial charge >= 0.3 is 0 Å². The summed E-state index contributed by atoms with van der Waals surface area (Å²) in [7, 11) is 0. The van der Waals surface area contributed by atoms with Crippen LogP contribution in [0.3, 0.4) is 0 Å². The minimum atomic E-state index is -0.781. The summed E-state index contributed by atoms with van der Waals surface area (Å²) in [6, 6.07) is 14.5. The van der Waals surface area contributed by atoms with Crippen molar-refractivity contribution < 1.29 is 9.52 Å². The molecule has 3 rings (SSSR count). The first-order chi connectivity index (χ1) is 11.4. The van der Waals surface area contributed by atoms with Crippen LogP contribution < -0.4 is 0 Å². The molecule has 1 aromatic carbocycles. The fraction of sp³-hybridized carbons (Fsp3) is 0.158. The largest absolute Gasteiger partial charge is 0.506 e. The Morgan fingerprint density at radius 2 is 2.00 bits per heavy atom. The summed E-state index contributed by atoms with van der Waals surface area (Å²) < 4.78 is 5.99. The second-order valence-electron chi connectivity index (χ2n) is 5.97. The lowest BCUT2D eigenvalue weighted by atomic mass is 9.92. The van der Waals surface area contributed by atoms with Gasteiger partial charge in [0.2, 0.25) is 0 Å². The van der Waals surface area contributed by atoms with Gasteiger partial charge in [0.15, 0.2) is 0 Å². The van der Waals surface area contributed by atoms with E-state index >= 15 is 0 Å². The van der Waals surface area contributed by atoms with Crippen LogP contribution in [0.15, 0.2) is 53.1 Å². The van der Waals surface area contributed by atoms with Crippen molar-refractivity contribution >= 4 is 11.6 Å². The number of hydrogen-bond acceptors (Lipinski definition) is 4. The van der Waals surface area contributed by atoms with Gasteiger partial charge in [-0.05, 0) is 50.2 Å². The molecule has 4 nitrogen and oxygen atoms in total. The van der Waals surface area contributed by atoms with E-state index in [4.69, 9.17) is 16.0 Å². The number of nitriles is 1. The predicted molar refractivity (Wildman–Crippen MR) is 92.7 cm³/mol. The smallest absolute Gasteiger partial charge is 0.143 e. The molecule has 0 aliphatic carbocycles. The molecular weight excluding hydrogens is 324 g/mol. The van der Waals surface area contributed by atoms with Gasteiger partial charge in [0, 0.05) is 17.3 Å². The summed E-state index contributed by atoms with van der Waals surface area (Å²) in [6.07, 6.45) is 1.69. The molecule has 0 spiro atoms. The molecule has 24 heavy (non-hydrogen) atoms. The van der Waals surface area contributed by atoms with E-state index in [0.29, 0.717) is 17.1 Å². The lowest BCUT2D eigenvalue weighted by molar-refractivity contribution is 0.452. The van der Waals surface area contributed by atoms with Crippen molar-refractivity contribution in [2.24, 2.45) is 0 Å². The third-order valence-electron chi connectivity index (χ3n) is 3.78. The zero-order valence-corrected chi connectivity index (χ0v) is 14.0. The number of phenolic OH excluding ortho intramolecular Hbond substituents is 1. The quantitative estimate of drug-likeness (QED) is 0.715. The van der Waals surface area contributed by atoms with Crippen LogP contribution in [0.25, 0.3) is 22.6 Å². The number of aromatic nitrogens is 1.